The fourth-order valence-electron chi connectivity index (χ4n) is 3.46. The number of aryl methyl sites for hydroxylation is 1. The molecular weight excluding hydrogens is 361 g/mol. The van der Waals surface area contributed by atoms with Crippen molar-refractivity contribution in [1.82, 2.24) is 14.5 Å². The molecule has 1 saturated heterocycles. The first-order chi connectivity index (χ1) is 13.2. The van der Waals surface area contributed by atoms with E-state index in [0.29, 0.717) is 5.11 Å². The van der Waals surface area contributed by atoms with Crippen molar-refractivity contribution in [2.24, 2.45) is 0 Å². The van der Waals surface area contributed by atoms with E-state index >= 15 is 0 Å². The van der Waals surface area contributed by atoms with E-state index in [1.165, 1.54) is 17.6 Å². The molecule has 0 spiro atoms. The Kier molecular flexibility index (Phi) is 4.94. The third kappa shape index (κ3) is 3.60. The molecule has 1 N–H and O–H groups in total. The van der Waals surface area contributed by atoms with Crippen LogP contribution in [0.4, 0.5) is 16.0 Å². The van der Waals surface area contributed by atoms with Crippen molar-refractivity contribution in [3.63, 3.8) is 0 Å². The van der Waals surface area contributed by atoms with Crippen molar-refractivity contribution in [2.75, 3.05) is 36.4 Å². The Morgan fingerprint density at radius 2 is 1.78 bits per heavy atom. The first-order valence-electron chi connectivity index (χ1n) is 9.17. The first kappa shape index (κ1) is 17.7. The van der Waals surface area contributed by atoms with Crippen LogP contribution in [0.15, 0.2) is 48.5 Å². The van der Waals surface area contributed by atoms with E-state index < -0.39 is 0 Å². The van der Waals surface area contributed by atoms with Crippen LogP contribution in [0.3, 0.4) is 0 Å². The van der Waals surface area contributed by atoms with Gasteiger partial charge in [-0.3, -0.25) is 0 Å². The fourth-order valence-corrected chi connectivity index (χ4v) is 3.76. The summed E-state index contributed by atoms with van der Waals surface area (Å²) in [6.07, 6.45) is 0. The number of piperazine rings is 1. The van der Waals surface area contributed by atoms with Gasteiger partial charge in [-0.25, -0.2) is 9.37 Å². The zero-order chi connectivity index (χ0) is 18.8. The highest BCUT2D eigenvalue weighted by Gasteiger charge is 2.23. The summed E-state index contributed by atoms with van der Waals surface area (Å²) in [6.45, 7) is 6.39. The van der Waals surface area contributed by atoms with Gasteiger partial charge in [0.2, 0.25) is 5.95 Å². The number of para-hydroxylation sites is 2. The predicted octanol–water partition coefficient (Wildman–Crippen LogP) is 3.71. The predicted molar refractivity (Wildman–Crippen MR) is 112 cm³/mol. The van der Waals surface area contributed by atoms with E-state index in [-0.39, 0.29) is 5.82 Å². The van der Waals surface area contributed by atoms with Crippen molar-refractivity contribution < 1.29 is 4.39 Å². The number of fused-ring (bicyclic) bond motifs is 1. The summed E-state index contributed by atoms with van der Waals surface area (Å²) in [6, 6.07) is 14.5. The Morgan fingerprint density at radius 1 is 1.07 bits per heavy atom. The number of aromatic nitrogens is 2. The highest BCUT2D eigenvalue weighted by Crippen LogP contribution is 2.23. The summed E-state index contributed by atoms with van der Waals surface area (Å²) in [7, 11) is 0. The topological polar surface area (TPSA) is 36.3 Å². The minimum atomic E-state index is -0.251. The second kappa shape index (κ2) is 7.52. The quantitative estimate of drug-likeness (QED) is 0.698. The second-order valence-electron chi connectivity index (χ2n) is 6.56. The molecule has 1 aromatic heterocycles. The normalized spacial score (nSPS) is 14.6. The second-order valence-corrected chi connectivity index (χ2v) is 6.94. The van der Waals surface area contributed by atoms with Gasteiger partial charge in [0.15, 0.2) is 5.11 Å². The van der Waals surface area contributed by atoms with Crippen molar-refractivity contribution in [1.29, 1.82) is 0 Å². The van der Waals surface area contributed by atoms with Gasteiger partial charge in [0.1, 0.15) is 5.82 Å². The van der Waals surface area contributed by atoms with Gasteiger partial charge in [0.25, 0.3) is 0 Å². The molecule has 3 aromatic rings. The zero-order valence-corrected chi connectivity index (χ0v) is 16.0. The van der Waals surface area contributed by atoms with Crippen LogP contribution in [-0.2, 0) is 6.54 Å². The number of hydrogen-bond donors (Lipinski definition) is 1. The number of halogens is 1. The summed E-state index contributed by atoms with van der Waals surface area (Å²) in [5.41, 5.74) is 3.01. The lowest BCUT2D eigenvalue weighted by Gasteiger charge is -2.36. The lowest BCUT2D eigenvalue weighted by molar-refractivity contribution is 0.386. The zero-order valence-electron chi connectivity index (χ0n) is 15.2. The number of anilines is 2. The number of rotatable bonds is 3. The van der Waals surface area contributed by atoms with Crippen LogP contribution >= 0.6 is 12.2 Å². The highest BCUT2D eigenvalue weighted by atomic mass is 32.1. The number of imidazole rings is 1. The third-order valence-electron chi connectivity index (χ3n) is 4.90. The molecule has 4 rings (SSSR count). The van der Waals surface area contributed by atoms with E-state index in [9.17, 15) is 4.39 Å². The minimum absolute atomic E-state index is 0.251. The SMILES string of the molecule is CCn1c(N2CCN(C(=S)Nc3ccc(F)cc3)CC2)nc2ccccc21. The van der Waals surface area contributed by atoms with Crippen LogP contribution in [0.25, 0.3) is 11.0 Å². The van der Waals surface area contributed by atoms with E-state index in [4.69, 9.17) is 17.2 Å². The molecule has 1 fully saturated rings. The van der Waals surface area contributed by atoms with Crippen molar-refractivity contribution >= 4 is 40.0 Å². The number of thiocarbonyl (C=S) groups is 1. The van der Waals surface area contributed by atoms with Crippen LogP contribution in [0.2, 0.25) is 0 Å². The molecule has 1 aliphatic heterocycles. The van der Waals surface area contributed by atoms with E-state index in [0.717, 1.165) is 49.9 Å². The summed E-state index contributed by atoms with van der Waals surface area (Å²) in [5, 5.41) is 3.86. The summed E-state index contributed by atoms with van der Waals surface area (Å²) in [4.78, 5) is 9.31. The molecule has 0 aliphatic carbocycles. The average molecular weight is 383 g/mol. The maximum atomic E-state index is 13.0. The minimum Gasteiger partial charge on any atom is -0.345 e. The van der Waals surface area contributed by atoms with E-state index in [2.05, 4.69) is 44.8 Å². The molecule has 1 aliphatic rings. The number of benzene rings is 2. The lowest BCUT2D eigenvalue weighted by Crippen LogP contribution is -2.50. The number of nitrogens with zero attached hydrogens (tertiary/aromatic N) is 4. The molecule has 27 heavy (non-hydrogen) atoms. The van der Waals surface area contributed by atoms with Crippen molar-refractivity contribution in [2.45, 2.75) is 13.5 Å². The fraction of sp³-hybridized carbons (Fsp3) is 0.300. The molecule has 0 atom stereocenters. The first-order valence-corrected chi connectivity index (χ1v) is 9.58. The maximum absolute atomic E-state index is 13.0. The molecule has 0 amide bonds. The Bertz CT molecular complexity index is 945. The third-order valence-corrected chi connectivity index (χ3v) is 5.26. The lowest BCUT2D eigenvalue weighted by atomic mass is 10.3. The van der Waals surface area contributed by atoms with Gasteiger partial charge in [0, 0.05) is 38.4 Å². The Hall–Kier alpha value is -2.67. The van der Waals surface area contributed by atoms with Gasteiger partial charge < -0.3 is 19.7 Å². The molecule has 5 nitrogen and oxygen atoms in total. The molecule has 2 heterocycles. The molecule has 0 saturated carbocycles. The van der Waals surface area contributed by atoms with E-state index in [1.54, 1.807) is 12.1 Å². The molecule has 140 valence electrons. The number of hydrogen-bond acceptors (Lipinski definition) is 3. The molecule has 0 radical (unpaired) electrons. The monoisotopic (exact) mass is 383 g/mol. The largest absolute Gasteiger partial charge is 0.345 e. The van der Waals surface area contributed by atoms with Crippen LogP contribution in [0, 0.1) is 5.82 Å². The van der Waals surface area contributed by atoms with Gasteiger partial charge in [-0.05, 0) is 55.5 Å². The van der Waals surface area contributed by atoms with Gasteiger partial charge >= 0.3 is 0 Å². The van der Waals surface area contributed by atoms with Crippen molar-refractivity contribution in [3.8, 4) is 0 Å². The van der Waals surface area contributed by atoms with E-state index in [1.807, 2.05) is 6.07 Å². The summed E-state index contributed by atoms with van der Waals surface area (Å²) < 4.78 is 15.3. The Balaban J connectivity index is 1.43. The van der Waals surface area contributed by atoms with Crippen molar-refractivity contribution in [3.05, 3.63) is 54.3 Å². The Labute approximate surface area is 163 Å². The summed E-state index contributed by atoms with van der Waals surface area (Å²) >= 11 is 5.53. The molecular formula is C20H22FN5S. The number of nitrogens with one attached hydrogen (secondary N) is 1. The van der Waals surface area contributed by atoms with Crippen LogP contribution in [0.1, 0.15) is 6.92 Å². The molecule has 2 aromatic carbocycles. The average Bonchev–Trinajstić information content (AvgIpc) is 3.08. The molecule has 7 heteroatoms. The van der Waals surface area contributed by atoms with Gasteiger partial charge in [-0.1, -0.05) is 12.1 Å². The van der Waals surface area contributed by atoms with Gasteiger partial charge in [0.05, 0.1) is 11.0 Å². The van der Waals surface area contributed by atoms with Crippen LogP contribution in [0.5, 0.6) is 0 Å². The van der Waals surface area contributed by atoms with Gasteiger partial charge in [-0.15, -0.1) is 0 Å². The van der Waals surface area contributed by atoms with Crippen LogP contribution < -0.4 is 10.2 Å². The highest BCUT2D eigenvalue weighted by molar-refractivity contribution is 7.80. The Morgan fingerprint density at radius 3 is 2.48 bits per heavy atom. The summed E-state index contributed by atoms with van der Waals surface area (Å²) in [5.74, 6) is 0.773. The maximum Gasteiger partial charge on any atom is 0.206 e. The standard InChI is InChI=1S/C20H22FN5S/c1-2-26-18-6-4-3-5-17(18)23-19(26)24-11-13-25(14-12-24)20(27)22-16-9-7-15(21)8-10-16/h3-10H,2,11-14H2,1H3,(H,22,27). The smallest absolute Gasteiger partial charge is 0.206 e. The van der Waals surface area contributed by atoms with Gasteiger partial charge in [-0.2, -0.15) is 0 Å². The van der Waals surface area contributed by atoms with Crippen LogP contribution in [-0.4, -0.2) is 45.7 Å². The molecule has 0 unspecified atom stereocenters. The molecule has 0 bridgehead atoms.